The lowest BCUT2D eigenvalue weighted by molar-refractivity contribution is -0.144. The van der Waals surface area contributed by atoms with Crippen molar-refractivity contribution in [2.24, 2.45) is 11.8 Å². The number of carboxylic acids is 1. The van der Waals surface area contributed by atoms with E-state index in [1.165, 1.54) is 6.07 Å². The third-order valence-corrected chi connectivity index (χ3v) is 9.02. The summed E-state index contributed by atoms with van der Waals surface area (Å²) in [4.78, 5) is 13.9. The number of ether oxygens (including phenoxy) is 1. The number of benzene rings is 2. The summed E-state index contributed by atoms with van der Waals surface area (Å²) in [6.45, 7) is 4.25. The van der Waals surface area contributed by atoms with Gasteiger partial charge >= 0.3 is 12.1 Å². The number of carboxylic acid groups (broad SMARTS) is 1. The summed E-state index contributed by atoms with van der Waals surface area (Å²) in [5.74, 6) is -0.438. The zero-order valence-electron chi connectivity index (χ0n) is 21.1. The van der Waals surface area contributed by atoms with Crippen LogP contribution in [0.15, 0.2) is 30.3 Å². The van der Waals surface area contributed by atoms with Gasteiger partial charge in [0.2, 0.25) is 0 Å². The number of rotatable bonds is 6. The monoisotopic (exact) mass is 503 g/mol. The molecule has 196 valence electrons. The molecule has 0 amide bonds. The summed E-state index contributed by atoms with van der Waals surface area (Å²) < 4.78 is 48.8. The van der Waals surface area contributed by atoms with Crippen molar-refractivity contribution in [3.63, 3.8) is 0 Å². The van der Waals surface area contributed by atoms with Crippen molar-refractivity contribution < 1.29 is 27.8 Å². The molecule has 2 aliphatic heterocycles. The SMILES string of the molecule is CC[C@H]1CC[C@@H](Oc2ccc3cc([C@H](C)N4C5CCC4CC(C(=O)O)C5)ccc3c2C(F)(F)F)CC1. The molecule has 2 unspecified atom stereocenters. The van der Waals surface area contributed by atoms with Crippen molar-refractivity contribution in [1.82, 2.24) is 4.90 Å². The van der Waals surface area contributed by atoms with Crippen LogP contribution < -0.4 is 4.74 Å². The minimum atomic E-state index is -4.51. The predicted octanol–water partition coefficient (Wildman–Crippen LogP) is 7.59. The molecule has 0 radical (unpaired) electrons. The van der Waals surface area contributed by atoms with Gasteiger partial charge in [-0.25, -0.2) is 0 Å². The van der Waals surface area contributed by atoms with E-state index in [4.69, 9.17) is 4.74 Å². The average molecular weight is 504 g/mol. The Morgan fingerprint density at radius 2 is 1.72 bits per heavy atom. The highest BCUT2D eigenvalue weighted by atomic mass is 19.4. The first-order valence-corrected chi connectivity index (χ1v) is 13.5. The fourth-order valence-electron chi connectivity index (χ4n) is 7.04. The molecule has 1 saturated carbocycles. The Balaban J connectivity index is 1.41. The number of halogens is 3. The topological polar surface area (TPSA) is 49.8 Å². The molecule has 0 aromatic heterocycles. The molecule has 0 spiro atoms. The number of hydrogen-bond acceptors (Lipinski definition) is 3. The number of hydrogen-bond donors (Lipinski definition) is 1. The molecule has 3 aliphatic rings. The van der Waals surface area contributed by atoms with E-state index in [0.29, 0.717) is 24.1 Å². The summed E-state index contributed by atoms with van der Waals surface area (Å²) in [5.41, 5.74) is 0.284. The van der Waals surface area contributed by atoms with E-state index in [1.54, 1.807) is 18.2 Å². The van der Waals surface area contributed by atoms with Gasteiger partial charge in [-0.2, -0.15) is 13.2 Å². The number of aliphatic carboxylic acids is 1. The molecule has 2 bridgehead atoms. The van der Waals surface area contributed by atoms with E-state index in [2.05, 4.69) is 18.7 Å². The first kappa shape index (κ1) is 25.4. The Kier molecular flexibility index (Phi) is 6.96. The van der Waals surface area contributed by atoms with Gasteiger partial charge < -0.3 is 9.84 Å². The maximum absolute atomic E-state index is 14.3. The second-order valence-corrected chi connectivity index (χ2v) is 11.1. The van der Waals surface area contributed by atoms with Gasteiger partial charge in [-0.3, -0.25) is 9.69 Å². The van der Waals surface area contributed by atoms with E-state index >= 15 is 0 Å². The lowest BCUT2D eigenvalue weighted by Crippen LogP contribution is -2.45. The molecule has 5 rings (SSSR count). The number of alkyl halides is 3. The van der Waals surface area contributed by atoms with Crippen LogP contribution in [0.1, 0.15) is 88.8 Å². The second kappa shape index (κ2) is 9.88. The smallest absolute Gasteiger partial charge is 0.420 e. The third kappa shape index (κ3) is 4.83. The summed E-state index contributed by atoms with van der Waals surface area (Å²) in [5, 5.41) is 10.2. The van der Waals surface area contributed by atoms with Crippen LogP contribution in [0, 0.1) is 11.8 Å². The van der Waals surface area contributed by atoms with Crippen LogP contribution in [0.25, 0.3) is 10.8 Å². The first-order chi connectivity index (χ1) is 17.2. The quantitative estimate of drug-likeness (QED) is 0.441. The van der Waals surface area contributed by atoms with Crippen molar-refractivity contribution >= 4 is 16.7 Å². The Morgan fingerprint density at radius 1 is 1.06 bits per heavy atom. The molecule has 7 heteroatoms. The summed E-state index contributed by atoms with van der Waals surface area (Å²) in [6, 6.07) is 8.94. The van der Waals surface area contributed by atoms with Crippen LogP contribution in [0.4, 0.5) is 13.2 Å². The van der Waals surface area contributed by atoms with E-state index < -0.39 is 17.7 Å². The predicted molar refractivity (Wildman–Crippen MR) is 133 cm³/mol. The van der Waals surface area contributed by atoms with Crippen LogP contribution in [0.2, 0.25) is 0 Å². The van der Waals surface area contributed by atoms with Crippen LogP contribution in [0.5, 0.6) is 5.75 Å². The largest absolute Gasteiger partial charge is 0.490 e. The van der Waals surface area contributed by atoms with Gasteiger partial charge in [0, 0.05) is 18.1 Å². The molecule has 2 saturated heterocycles. The van der Waals surface area contributed by atoms with Gasteiger partial charge in [-0.15, -0.1) is 0 Å². The summed E-state index contributed by atoms with van der Waals surface area (Å²) >= 11 is 0. The van der Waals surface area contributed by atoms with Crippen LogP contribution in [-0.4, -0.2) is 34.2 Å². The average Bonchev–Trinajstić information content (AvgIpc) is 3.11. The molecule has 2 aromatic carbocycles. The second-order valence-electron chi connectivity index (χ2n) is 11.1. The molecule has 36 heavy (non-hydrogen) atoms. The number of piperidine rings is 1. The maximum atomic E-state index is 14.3. The fraction of sp³-hybridized carbons (Fsp3) is 0.621. The molecule has 2 aromatic rings. The van der Waals surface area contributed by atoms with E-state index in [9.17, 15) is 23.1 Å². The minimum Gasteiger partial charge on any atom is -0.490 e. The Bertz CT molecular complexity index is 1090. The zero-order valence-corrected chi connectivity index (χ0v) is 21.1. The molecule has 3 atom stereocenters. The molecule has 2 heterocycles. The van der Waals surface area contributed by atoms with Gasteiger partial charge in [0.05, 0.1) is 12.0 Å². The lowest BCUT2D eigenvalue weighted by atomic mass is 9.86. The normalized spacial score (nSPS) is 29.9. The highest BCUT2D eigenvalue weighted by Crippen LogP contribution is 2.46. The van der Waals surface area contributed by atoms with Gasteiger partial charge in [0.1, 0.15) is 11.3 Å². The van der Waals surface area contributed by atoms with Crippen molar-refractivity contribution in [3.8, 4) is 5.75 Å². The molecular weight excluding hydrogens is 467 g/mol. The summed E-state index contributed by atoms with van der Waals surface area (Å²) in [7, 11) is 0. The van der Waals surface area contributed by atoms with Crippen LogP contribution in [-0.2, 0) is 11.0 Å². The summed E-state index contributed by atoms with van der Waals surface area (Å²) in [6.07, 6.45) is 3.26. The Hall–Kier alpha value is -2.28. The molecular formula is C29H36F3NO3. The molecule has 3 fully saturated rings. The van der Waals surface area contributed by atoms with E-state index in [1.807, 2.05) is 6.07 Å². The van der Waals surface area contributed by atoms with Crippen molar-refractivity contribution in [1.29, 1.82) is 0 Å². The van der Waals surface area contributed by atoms with Crippen molar-refractivity contribution in [2.45, 2.75) is 102 Å². The van der Waals surface area contributed by atoms with Crippen LogP contribution >= 0.6 is 0 Å². The van der Waals surface area contributed by atoms with Gasteiger partial charge in [-0.05, 0) is 92.7 Å². The highest BCUT2D eigenvalue weighted by molar-refractivity contribution is 5.89. The van der Waals surface area contributed by atoms with E-state index in [-0.39, 0.29) is 41.3 Å². The minimum absolute atomic E-state index is 0.0145. The van der Waals surface area contributed by atoms with Gasteiger partial charge in [0.25, 0.3) is 0 Å². The lowest BCUT2D eigenvalue weighted by Gasteiger charge is -2.41. The third-order valence-electron chi connectivity index (χ3n) is 9.02. The van der Waals surface area contributed by atoms with Gasteiger partial charge in [-0.1, -0.05) is 31.5 Å². The van der Waals surface area contributed by atoms with Crippen molar-refractivity contribution in [2.75, 3.05) is 0 Å². The van der Waals surface area contributed by atoms with Gasteiger partial charge in [0.15, 0.2) is 0 Å². The Labute approximate surface area is 210 Å². The molecule has 4 nitrogen and oxygen atoms in total. The molecule has 1 N–H and O–H groups in total. The van der Waals surface area contributed by atoms with Crippen molar-refractivity contribution in [3.05, 3.63) is 41.5 Å². The first-order valence-electron chi connectivity index (χ1n) is 13.5. The standard InChI is InChI=1S/C29H36F3NO3/c1-3-18-4-10-24(11-5-18)36-26-13-7-20-14-19(6-12-25(20)27(26)29(30,31)32)17(2)33-22-8-9-23(33)16-21(15-22)28(34)35/h6-7,12-14,17-18,21-24H,3-5,8-11,15-16H2,1-2H3,(H,34,35)/t17-,18-,21?,22?,23?,24+/m0/s1. The van der Waals surface area contributed by atoms with Crippen LogP contribution in [0.3, 0.4) is 0 Å². The maximum Gasteiger partial charge on any atom is 0.420 e. The number of fused-ring (bicyclic) bond motifs is 3. The number of carbonyl (C=O) groups is 1. The zero-order chi connectivity index (χ0) is 25.6. The molecule has 1 aliphatic carbocycles. The van der Waals surface area contributed by atoms with E-state index in [0.717, 1.165) is 50.5 Å². The highest BCUT2D eigenvalue weighted by Gasteiger charge is 2.45. The Morgan fingerprint density at radius 3 is 2.31 bits per heavy atom. The fourth-order valence-corrected chi connectivity index (χ4v) is 7.04. The number of nitrogens with zero attached hydrogens (tertiary/aromatic N) is 1.